The summed E-state index contributed by atoms with van der Waals surface area (Å²) < 4.78 is 0. The van der Waals surface area contributed by atoms with Gasteiger partial charge in [-0.15, -0.1) is 0 Å². The van der Waals surface area contributed by atoms with Crippen LogP contribution in [0.4, 0.5) is 0 Å². The molecule has 0 bridgehead atoms. The fourth-order valence-electron chi connectivity index (χ4n) is 2.10. The van der Waals surface area contributed by atoms with E-state index in [-0.39, 0.29) is 0 Å². The van der Waals surface area contributed by atoms with Crippen molar-refractivity contribution in [2.75, 3.05) is 0 Å². The molecule has 0 spiro atoms. The van der Waals surface area contributed by atoms with Crippen molar-refractivity contribution in [2.45, 2.75) is 94.4 Å². The van der Waals surface area contributed by atoms with Gasteiger partial charge in [-0.05, 0) is 29.6 Å². The van der Waals surface area contributed by atoms with Crippen LogP contribution in [0, 0.1) is 16.7 Å². The first-order valence-corrected chi connectivity index (χ1v) is 7.60. The van der Waals surface area contributed by atoms with Gasteiger partial charge in [0.05, 0.1) is 0 Å². The number of hydrogen-bond acceptors (Lipinski definition) is 0. The van der Waals surface area contributed by atoms with Crippen molar-refractivity contribution in [3.05, 3.63) is 0 Å². The van der Waals surface area contributed by atoms with Crippen molar-refractivity contribution in [3.8, 4) is 0 Å². The van der Waals surface area contributed by atoms with E-state index in [1.54, 1.807) is 0 Å². The maximum absolute atomic E-state index is 2.34. The Labute approximate surface area is 112 Å². The monoisotopic (exact) mass is 242 g/mol. The lowest BCUT2D eigenvalue weighted by molar-refractivity contribution is 0.277. The first-order chi connectivity index (χ1) is 7.60. The van der Waals surface area contributed by atoms with Gasteiger partial charge in [-0.1, -0.05) is 81.6 Å². The predicted molar refractivity (Wildman–Crippen MR) is 82.5 cm³/mol. The molecule has 17 heavy (non-hydrogen) atoms. The molecular weight excluding hydrogens is 204 g/mol. The molecule has 0 aromatic heterocycles. The van der Waals surface area contributed by atoms with Gasteiger partial charge in [-0.2, -0.15) is 0 Å². The molecule has 0 radical (unpaired) electrons. The van der Waals surface area contributed by atoms with Crippen LogP contribution in [-0.4, -0.2) is 0 Å². The maximum atomic E-state index is 2.34. The van der Waals surface area contributed by atoms with Crippen LogP contribution >= 0.6 is 0 Å². The third-order valence-electron chi connectivity index (χ3n) is 3.80. The molecule has 0 aliphatic carbocycles. The van der Waals surface area contributed by atoms with Crippen molar-refractivity contribution in [1.82, 2.24) is 0 Å². The molecule has 0 N–H and O–H groups in total. The van der Waals surface area contributed by atoms with Gasteiger partial charge in [0.15, 0.2) is 0 Å². The second-order valence-electron chi connectivity index (χ2n) is 7.38. The molecule has 0 fully saturated rings. The lowest BCUT2D eigenvalue weighted by Gasteiger charge is -2.24. The summed E-state index contributed by atoms with van der Waals surface area (Å²) in [5.74, 6) is 0.847. The topological polar surface area (TPSA) is 0 Å². The van der Waals surface area contributed by atoms with E-state index in [1.165, 1.54) is 32.1 Å². The Morgan fingerprint density at radius 2 is 1.18 bits per heavy atom. The summed E-state index contributed by atoms with van der Waals surface area (Å²) in [6, 6.07) is 0. The van der Waals surface area contributed by atoms with Crippen LogP contribution in [0.1, 0.15) is 94.4 Å². The van der Waals surface area contributed by atoms with Crippen molar-refractivity contribution >= 4 is 0 Å². The van der Waals surface area contributed by atoms with Crippen LogP contribution in [0.5, 0.6) is 0 Å². The quantitative estimate of drug-likeness (QED) is 0.486. The van der Waals surface area contributed by atoms with E-state index in [9.17, 15) is 0 Å². The highest BCUT2D eigenvalue weighted by molar-refractivity contribution is 4.67. The molecule has 0 atom stereocenters. The molecule has 106 valence electrons. The second kappa shape index (κ2) is 9.00. The van der Waals surface area contributed by atoms with E-state index in [1.807, 2.05) is 0 Å². The fraction of sp³-hybridized carbons (Fsp3) is 1.00. The van der Waals surface area contributed by atoms with Crippen LogP contribution in [-0.2, 0) is 0 Å². The molecule has 0 heteroatoms. The third-order valence-corrected chi connectivity index (χ3v) is 3.80. The summed E-state index contributed by atoms with van der Waals surface area (Å²) in [4.78, 5) is 0. The lowest BCUT2D eigenvalue weighted by atomic mass is 9.82. The molecule has 0 aromatic rings. The Morgan fingerprint density at radius 1 is 0.765 bits per heavy atom. The normalized spacial score (nSPS) is 12.4. The molecule has 0 unspecified atom stereocenters. The van der Waals surface area contributed by atoms with Crippen LogP contribution in [0.15, 0.2) is 0 Å². The second-order valence-corrected chi connectivity index (χ2v) is 7.38. The zero-order valence-corrected chi connectivity index (χ0v) is 14.1. The van der Waals surface area contributed by atoms with Crippen molar-refractivity contribution in [2.24, 2.45) is 16.7 Å². The van der Waals surface area contributed by atoms with E-state index in [0.717, 1.165) is 5.92 Å². The summed E-state index contributed by atoms with van der Waals surface area (Å²) >= 11 is 0. The summed E-state index contributed by atoms with van der Waals surface area (Å²) in [6.07, 6.45) is 6.64. The number of hydrogen-bond donors (Lipinski definition) is 0. The summed E-state index contributed by atoms with van der Waals surface area (Å²) in [7, 11) is 0. The van der Waals surface area contributed by atoms with Gasteiger partial charge in [-0.25, -0.2) is 0 Å². The van der Waals surface area contributed by atoms with Crippen LogP contribution in [0.3, 0.4) is 0 Å². The molecule has 0 aliphatic rings. The zero-order valence-electron chi connectivity index (χ0n) is 14.1. The highest BCUT2D eigenvalue weighted by atomic mass is 14.2. The van der Waals surface area contributed by atoms with Gasteiger partial charge in [0.2, 0.25) is 0 Å². The highest BCUT2D eigenvalue weighted by Gasteiger charge is 2.15. The minimum absolute atomic E-state index is 0.564. The Morgan fingerprint density at radius 3 is 1.29 bits per heavy atom. The van der Waals surface area contributed by atoms with Crippen molar-refractivity contribution in [1.29, 1.82) is 0 Å². The van der Waals surface area contributed by atoms with Gasteiger partial charge in [0.1, 0.15) is 0 Å². The zero-order chi connectivity index (χ0) is 14.1. The van der Waals surface area contributed by atoms with Gasteiger partial charge in [0, 0.05) is 0 Å². The number of rotatable bonds is 6. The lowest BCUT2D eigenvalue weighted by Crippen LogP contribution is -2.12. The SMILES string of the molecule is CCC(C)(C)CC(C)C.CCCC(C)(C)CC. The van der Waals surface area contributed by atoms with Gasteiger partial charge in [0.25, 0.3) is 0 Å². The molecule has 0 rings (SSSR count). The van der Waals surface area contributed by atoms with E-state index < -0.39 is 0 Å². The molecule has 0 heterocycles. The largest absolute Gasteiger partial charge is 0.0654 e. The standard InChI is InChI=1S/C9H20.C8H18/c1-6-9(4,5)7-8(2)3;1-5-7-8(3,4)6-2/h8H,6-7H2,1-5H3;5-7H2,1-4H3. The van der Waals surface area contributed by atoms with Gasteiger partial charge >= 0.3 is 0 Å². The van der Waals surface area contributed by atoms with E-state index in [0.29, 0.717) is 10.8 Å². The molecular formula is C17H38. The van der Waals surface area contributed by atoms with Gasteiger partial charge in [-0.3, -0.25) is 0 Å². The Balaban J connectivity index is 0. The molecule has 0 aromatic carbocycles. The fourth-order valence-corrected chi connectivity index (χ4v) is 2.10. The minimum atomic E-state index is 0.564. The molecule has 0 amide bonds. The highest BCUT2D eigenvalue weighted by Crippen LogP contribution is 2.28. The van der Waals surface area contributed by atoms with E-state index in [2.05, 4.69) is 62.3 Å². The smallest absolute Gasteiger partial charge is 0.0354 e. The van der Waals surface area contributed by atoms with E-state index >= 15 is 0 Å². The summed E-state index contributed by atoms with van der Waals surface area (Å²) in [6.45, 7) is 20.7. The Bertz CT molecular complexity index is 163. The van der Waals surface area contributed by atoms with Crippen LogP contribution in [0.2, 0.25) is 0 Å². The Hall–Kier alpha value is 0. The van der Waals surface area contributed by atoms with Crippen molar-refractivity contribution < 1.29 is 0 Å². The van der Waals surface area contributed by atoms with Crippen LogP contribution in [0.25, 0.3) is 0 Å². The maximum Gasteiger partial charge on any atom is -0.0354 e. The first-order valence-electron chi connectivity index (χ1n) is 7.60. The third kappa shape index (κ3) is 13.9. The summed E-state index contributed by atoms with van der Waals surface area (Å²) in [5, 5.41) is 0. The van der Waals surface area contributed by atoms with E-state index in [4.69, 9.17) is 0 Å². The van der Waals surface area contributed by atoms with Crippen molar-refractivity contribution in [3.63, 3.8) is 0 Å². The average molecular weight is 242 g/mol. The van der Waals surface area contributed by atoms with Gasteiger partial charge < -0.3 is 0 Å². The first kappa shape index (κ1) is 19.3. The Kier molecular flexibility index (Phi) is 10.2. The van der Waals surface area contributed by atoms with Crippen LogP contribution < -0.4 is 0 Å². The molecule has 0 saturated carbocycles. The molecule has 0 nitrogen and oxygen atoms in total. The average Bonchev–Trinajstić information content (AvgIpc) is 2.17. The molecule has 0 aliphatic heterocycles. The molecule has 0 saturated heterocycles. The predicted octanol–water partition coefficient (Wildman–Crippen LogP) is 6.69. The summed E-state index contributed by atoms with van der Waals surface area (Å²) in [5.41, 5.74) is 1.16. The minimum Gasteiger partial charge on any atom is -0.0654 e.